The highest BCUT2D eigenvalue weighted by Gasteiger charge is 2.21. The van der Waals surface area contributed by atoms with E-state index in [1.807, 2.05) is 47.0 Å². The average molecular weight is 336 g/mol. The maximum absolute atomic E-state index is 12.5. The van der Waals surface area contributed by atoms with Crippen LogP contribution in [0, 0.1) is 0 Å². The Morgan fingerprint density at radius 2 is 2.00 bits per heavy atom. The molecule has 1 aliphatic rings. The minimum atomic E-state index is -0.637. The van der Waals surface area contributed by atoms with Crippen LogP contribution >= 0.6 is 0 Å². The van der Waals surface area contributed by atoms with Crippen molar-refractivity contribution in [2.24, 2.45) is 0 Å². The van der Waals surface area contributed by atoms with E-state index in [-0.39, 0.29) is 5.91 Å². The van der Waals surface area contributed by atoms with Gasteiger partial charge in [0.15, 0.2) is 6.10 Å². The first-order valence-corrected chi connectivity index (χ1v) is 8.60. The van der Waals surface area contributed by atoms with Crippen molar-refractivity contribution in [3.05, 3.63) is 48.3 Å². The van der Waals surface area contributed by atoms with Crippen molar-refractivity contribution in [1.82, 2.24) is 14.8 Å². The first-order chi connectivity index (χ1) is 12.2. The van der Waals surface area contributed by atoms with Crippen LogP contribution in [-0.2, 0) is 17.8 Å². The monoisotopic (exact) mass is 336 g/mol. The van der Waals surface area contributed by atoms with Gasteiger partial charge in [-0.3, -0.25) is 14.7 Å². The van der Waals surface area contributed by atoms with Crippen molar-refractivity contribution in [3.8, 4) is 5.75 Å². The van der Waals surface area contributed by atoms with Crippen LogP contribution in [0.5, 0.6) is 5.75 Å². The number of fused-ring (bicyclic) bond motifs is 2. The summed E-state index contributed by atoms with van der Waals surface area (Å²) < 4.78 is 7.89. The van der Waals surface area contributed by atoms with Crippen LogP contribution in [0.25, 0.3) is 10.8 Å². The summed E-state index contributed by atoms with van der Waals surface area (Å²) in [5, 5.41) is 13.2. The highest BCUT2D eigenvalue weighted by atomic mass is 16.5. The lowest BCUT2D eigenvalue weighted by Gasteiger charge is -2.18. The largest absolute Gasteiger partial charge is 0.480 e. The second-order valence-corrected chi connectivity index (χ2v) is 6.28. The molecule has 0 bridgehead atoms. The molecule has 25 heavy (non-hydrogen) atoms. The van der Waals surface area contributed by atoms with Gasteiger partial charge in [-0.05, 0) is 31.2 Å². The lowest BCUT2D eigenvalue weighted by Crippen LogP contribution is -2.31. The van der Waals surface area contributed by atoms with Crippen LogP contribution in [0.3, 0.4) is 0 Å². The van der Waals surface area contributed by atoms with E-state index in [4.69, 9.17) is 4.74 Å². The van der Waals surface area contributed by atoms with Crippen LogP contribution in [-0.4, -0.2) is 26.8 Å². The van der Waals surface area contributed by atoms with Crippen LogP contribution < -0.4 is 10.1 Å². The number of amides is 1. The highest BCUT2D eigenvalue weighted by Crippen LogP contribution is 2.26. The number of ether oxygens (including phenoxy) is 1. The van der Waals surface area contributed by atoms with Gasteiger partial charge in [0.1, 0.15) is 11.6 Å². The summed E-state index contributed by atoms with van der Waals surface area (Å²) in [6.07, 6.45) is 2.47. The fourth-order valence-corrected chi connectivity index (χ4v) is 3.15. The van der Waals surface area contributed by atoms with Gasteiger partial charge in [0.05, 0.1) is 0 Å². The maximum atomic E-state index is 12.5. The van der Waals surface area contributed by atoms with Crippen LogP contribution in [0.2, 0.25) is 0 Å². The molecule has 6 nitrogen and oxygen atoms in total. The molecule has 0 radical (unpaired) electrons. The number of benzene rings is 2. The van der Waals surface area contributed by atoms with Gasteiger partial charge in [-0.25, -0.2) is 0 Å². The molecule has 0 saturated heterocycles. The van der Waals surface area contributed by atoms with Crippen molar-refractivity contribution in [2.75, 3.05) is 5.32 Å². The Hall–Kier alpha value is -2.89. The summed E-state index contributed by atoms with van der Waals surface area (Å²) in [6.45, 7) is 2.58. The van der Waals surface area contributed by atoms with Gasteiger partial charge in [-0.15, -0.1) is 10.2 Å². The average Bonchev–Trinajstić information content (AvgIpc) is 3.05. The Kier molecular flexibility index (Phi) is 4.09. The number of carbonyl (C=O) groups is 1. The van der Waals surface area contributed by atoms with Crippen molar-refractivity contribution in [3.63, 3.8) is 0 Å². The number of nitrogens with zero attached hydrogens (tertiary/aromatic N) is 3. The Morgan fingerprint density at radius 3 is 2.92 bits per heavy atom. The third-order valence-corrected chi connectivity index (χ3v) is 4.52. The molecule has 2 aromatic carbocycles. The molecule has 1 atom stereocenters. The second-order valence-electron chi connectivity index (χ2n) is 6.28. The highest BCUT2D eigenvalue weighted by molar-refractivity contribution is 5.93. The fraction of sp³-hybridized carbons (Fsp3) is 0.316. The van der Waals surface area contributed by atoms with Crippen LogP contribution in [0.15, 0.2) is 42.5 Å². The van der Waals surface area contributed by atoms with Crippen LogP contribution in [0.1, 0.15) is 25.6 Å². The first-order valence-electron chi connectivity index (χ1n) is 8.60. The van der Waals surface area contributed by atoms with E-state index in [1.165, 1.54) is 0 Å². The zero-order valence-corrected chi connectivity index (χ0v) is 14.1. The van der Waals surface area contributed by atoms with Gasteiger partial charge in [0, 0.05) is 18.4 Å². The molecule has 2 heterocycles. The van der Waals surface area contributed by atoms with Crippen molar-refractivity contribution >= 4 is 22.6 Å². The van der Waals surface area contributed by atoms with E-state index in [0.29, 0.717) is 11.7 Å². The van der Waals surface area contributed by atoms with E-state index in [0.717, 1.165) is 42.4 Å². The number of hydrogen-bond acceptors (Lipinski definition) is 4. The molecule has 1 amide bonds. The molecule has 1 aromatic heterocycles. The third-order valence-electron chi connectivity index (χ3n) is 4.52. The van der Waals surface area contributed by atoms with Gasteiger partial charge < -0.3 is 4.74 Å². The van der Waals surface area contributed by atoms with Gasteiger partial charge in [-0.2, -0.15) is 0 Å². The van der Waals surface area contributed by atoms with E-state index in [1.54, 1.807) is 6.92 Å². The van der Waals surface area contributed by atoms with Gasteiger partial charge in [0.2, 0.25) is 5.95 Å². The predicted octanol–water partition coefficient (Wildman–Crippen LogP) is 3.17. The zero-order valence-electron chi connectivity index (χ0n) is 14.1. The number of hydrogen-bond donors (Lipinski definition) is 1. The van der Waals surface area contributed by atoms with Crippen molar-refractivity contribution in [1.29, 1.82) is 0 Å². The molecule has 1 aliphatic heterocycles. The fourth-order valence-electron chi connectivity index (χ4n) is 3.15. The Morgan fingerprint density at radius 1 is 1.16 bits per heavy atom. The second kappa shape index (κ2) is 6.55. The lowest BCUT2D eigenvalue weighted by atomic mass is 10.1. The normalized spacial score (nSPS) is 14.8. The maximum Gasteiger partial charge on any atom is 0.267 e. The molecular formula is C19H20N4O2. The van der Waals surface area contributed by atoms with Crippen molar-refractivity contribution < 1.29 is 9.53 Å². The number of nitrogens with one attached hydrogen (secondary N) is 1. The van der Waals surface area contributed by atoms with Crippen LogP contribution in [0.4, 0.5) is 5.95 Å². The summed E-state index contributed by atoms with van der Waals surface area (Å²) >= 11 is 0. The third kappa shape index (κ3) is 3.07. The van der Waals surface area contributed by atoms with E-state index >= 15 is 0 Å². The molecule has 4 rings (SSSR count). The molecule has 0 spiro atoms. The smallest absolute Gasteiger partial charge is 0.267 e. The molecule has 0 saturated carbocycles. The first kappa shape index (κ1) is 15.6. The number of rotatable bonds is 4. The summed E-state index contributed by atoms with van der Waals surface area (Å²) in [7, 11) is 0. The zero-order chi connectivity index (χ0) is 17.2. The molecule has 128 valence electrons. The van der Waals surface area contributed by atoms with Gasteiger partial charge >= 0.3 is 0 Å². The molecule has 0 aliphatic carbocycles. The van der Waals surface area contributed by atoms with E-state index < -0.39 is 6.10 Å². The topological polar surface area (TPSA) is 69.0 Å². The van der Waals surface area contributed by atoms with E-state index in [2.05, 4.69) is 15.5 Å². The molecule has 1 N–H and O–H groups in total. The minimum absolute atomic E-state index is 0.228. The molecule has 0 unspecified atom stereocenters. The summed E-state index contributed by atoms with van der Waals surface area (Å²) in [5.74, 6) is 1.91. The molecule has 0 fully saturated rings. The van der Waals surface area contributed by atoms with Gasteiger partial charge in [-0.1, -0.05) is 36.4 Å². The summed E-state index contributed by atoms with van der Waals surface area (Å²) in [4.78, 5) is 12.5. The number of carbonyl (C=O) groups excluding carboxylic acids is 1. The molecular weight excluding hydrogens is 316 g/mol. The van der Waals surface area contributed by atoms with E-state index in [9.17, 15) is 4.79 Å². The van der Waals surface area contributed by atoms with Crippen molar-refractivity contribution in [2.45, 2.75) is 38.8 Å². The SMILES string of the molecule is C[C@@H](Oc1cccc2ccccc12)C(=O)Nc1nnc2n1CCCC2. The Labute approximate surface area is 145 Å². The lowest BCUT2D eigenvalue weighted by molar-refractivity contribution is -0.122. The Balaban J connectivity index is 1.50. The number of anilines is 1. The number of aryl methyl sites for hydroxylation is 1. The molecule has 3 aromatic rings. The quantitative estimate of drug-likeness (QED) is 0.794. The summed E-state index contributed by atoms with van der Waals surface area (Å²) in [6, 6.07) is 13.8. The standard InChI is InChI=1S/C19H20N4O2/c1-13(25-16-10-6-8-14-7-2-3-9-15(14)16)18(24)20-19-22-21-17-11-4-5-12-23(17)19/h2-3,6-10,13H,4-5,11-12H2,1H3,(H,20,22,24)/t13-/m1/s1. The predicted molar refractivity (Wildman–Crippen MR) is 95.6 cm³/mol. The minimum Gasteiger partial charge on any atom is -0.480 e. The van der Waals surface area contributed by atoms with Gasteiger partial charge in [0.25, 0.3) is 5.91 Å². The summed E-state index contributed by atoms with van der Waals surface area (Å²) in [5.41, 5.74) is 0. The molecule has 6 heteroatoms. The number of aromatic nitrogens is 3. The Bertz CT molecular complexity index is 913.